The van der Waals surface area contributed by atoms with Gasteiger partial charge < -0.3 is 4.74 Å². The van der Waals surface area contributed by atoms with Crippen molar-refractivity contribution in [2.24, 2.45) is 0 Å². The van der Waals surface area contributed by atoms with Gasteiger partial charge in [0.25, 0.3) is 0 Å². The SMILES string of the molecule is O=S(=O)(c1ccc(F)cc1)N1CC2[C@@H](C1)OCc1cnnn12. The molecule has 0 bridgehead atoms. The van der Waals surface area contributed by atoms with Gasteiger partial charge in [0.1, 0.15) is 5.82 Å². The number of benzene rings is 1. The summed E-state index contributed by atoms with van der Waals surface area (Å²) in [4.78, 5) is 0.0753. The molecule has 0 radical (unpaired) electrons. The fourth-order valence-electron chi connectivity index (χ4n) is 2.91. The van der Waals surface area contributed by atoms with Gasteiger partial charge in [-0.25, -0.2) is 17.5 Å². The van der Waals surface area contributed by atoms with Gasteiger partial charge in [0, 0.05) is 13.1 Å². The molecule has 0 amide bonds. The van der Waals surface area contributed by atoms with Gasteiger partial charge in [0.15, 0.2) is 0 Å². The molecule has 9 heteroatoms. The number of ether oxygens (including phenoxy) is 1. The molecule has 0 saturated carbocycles. The highest BCUT2D eigenvalue weighted by Crippen LogP contribution is 2.33. The third-order valence-electron chi connectivity index (χ3n) is 4.06. The molecule has 1 aromatic heterocycles. The Morgan fingerprint density at radius 1 is 1.23 bits per heavy atom. The minimum Gasteiger partial charge on any atom is -0.368 e. The van der Waals surface area contributed by atoms with Crippen molar-refractivity contribution in [3.63, 3.8) is 0 Å². The quantitative estimate of drug-likeness (QED) is 0.807. The van der Waals surface area contributed by atoms with E-state index in [1.165, 1.54) is 16.4 Å². The number of hydrogen-bond acceptors (Lipinski definition) is 5. The predicted octanol–water partition coefficient (Wildman–Crippen LogP) is 0.562. The fourth-order valence-corrected chi connectivity index (χ4v) is 4.38. The average Bonchev–Trinajstić information content (AvgIpc) is 3.13. The molecule has 2 aliphatic heterocycles. The minimum atomic E-state index is -3.67. The Hall–Kier alpha value is -1.84. The van der Waals surface area contributed by atoms with Gasteiger partial charge in [-0.2, -0.15) is 4.31 Å². The van der Waals surface area contributed by atoms with Gasteiger partial charge in [-0.15, -0.1) is 5.10 Å². The van der Waals surface area contributed by atoms with Crippen LogP contribution < -0.4 is 0 Å². The summed E-state index contributed by atoms with van der Waals surface area (Å²) in [6, 6.07) is 4.65. The molecule has 4 rings (SSSR count). The zero-order chi connectivity index (χ0) is 15.3. The van der Waals surface area contributed by atoms with E-state index in [2.05, 4.69) is 10.3 Å². The van der Waals surface area contributed by atoms with E-state index in [1.54, 1.807) is 10.9 Å². The third-order valence-corrected chi connectivity index (χ3v) is 5.91. The van der Waals surface area contributed by atoms with Crippen LogP contribution in [-0.2, 0) is 21.4 Å². The molecule has 1 aromatic carbocycles. The topological polar surface area (TPSA) is 77.3 Å². The van der Waals surface area contributed by atoms with Crippen LogP contribution in [0.2, 0.25) is 0 Å². The summed E-state index contributed by atoms with van der Waals surface area (Å²) in [5, 5.41) is 7.86. The standard InChI is InChI=1S/C13H13FN4O3S/c14-9-1-3-11(4-2-9)22(19,20)17-6-12-13(7-17)21-8-10-5-15-16-18(10)12/h1-5,12-13H,6-8H2/t12?,13-/m1/s1. The number of hydrogen-bond donors (Lipinski definition) is 0. The highest BCUT2D eigenvalue weighted by Gasteiger charge is 2.44. The summed E-state index contributed by atoms with van der Waals surface area (Å²) in [6.07, 6.45) is 1.37. The summed E-state index contributed by atoms with van der Waals surface area (Å²) in [5.74, 6) is -0.468. The van der Waals surface area contributed by atoms with Crippen molar-refractivity contribution in [1.29, 1.82) is 0 Å². The lowest BCUT2D eigenvalue weighted by Gasteiger charge is -2.25. The molecular weight excluding hydrogens is 311 g/mol. The first-order chi connectivity index (χ1) is 10.6. The Labute approximate surface area is 126 Å². The van der Waals surface area contributed by atoms with Gasteiger partial charge in [-0.05, 0) is 24.3 Å². The second kappa shape index (κ2) is 4.83. The summed E-state index contributed by atoms with van der Waals surface area (Å²) in [7, 11) is -3.67. The molecule has 22 heavy (non-hydrogen) atoms. The number of fused-ring (bicyclic) bond motifs is 3. The van der Waals surface area contributed by atoms with Crippen LogP contribution in [0, 0.1) is 5.82 Å². The van der Waals surface area contributed by atoms with Crippen LogP contribution in [0.4, 0.5) is 4.39 Å². The molecule has 1 fully saturated rings. The zero-order valence-electron chi connectivity index (χ0n) is 11.5. The average molecular weight is 324 g/mol. The maximum absolute atomic E-state index is 13.0. The van der Waals surface area contributed by atoms with Crippen LogP contribution in [0.1, 0.15) is 11.7 Å². The van der Waals surface area contributed by atoms with Crippen molar-refractivity contribution in [1.82, 2.24) is 19.3 Å². The first-order valence-corrected chi connectivity index (χ1v) is 8.26. The van der Waals surface area contributed by atoms with Gasteiger partial charge in [-0.3, -0.25) is 0 Å². The Morgan fingerprint density at radius 2 is 2.00 bits per heavy atom. The van der Waals surface area contributed by atoms with Crippen molar-refractivity contribution in [3.05, 3.63) is 42.0 Å². The summed E-state index contributed by atoms with van der Waals surface area (Å²) < 4.78 is 47.0. The minimum absolute atomic E-state index is 0.0753. The molecule has 1 unspecified atom stereocenters. The number of sulfonamides is 1. The summed E-state index contributed by atoms with van der Waals surface area (Å²) in [5.41, 5.74) is 0.835. The lowest BCUT2D eigenvalue weighted by molar-refractivity contribution is -0.00389. The van der Waals surface area contributed by atoms with Crippen LogP contribution in [-0.4, -0.2) is 46.9 Å². The molecular formula is C13H13FN4O3S. The smallest absolute Gasteiger partial charge is 0.243 e. The highest BCUT2D eigenvalue weighted by atomic mass is 32.2. The summed E-state index contributed by atoms with van der Waals surface area (Å²) in [6.45, 7) is 0.892. The van der Waals surface area contributed by atoms with Gasteiger partial charge in [-0.1, -0.05) is 5.21 Å². The molecule has 2 aromatic rings. The zero-order valence-corrected chi connectivity index (χ0v) is 12.3. The third kappa shape index (κ3) is 2.04. The van der Waals surface area contributed by atoms with E-state index in [1.807, 2.05) is 0 Å². The van der Waals surface area contributed by atoms with Gasteiger partial charge in [0.05, 0.1) is 35.5 Å². The van der Waals surface area contributed by atoms with E-state index in [4.69, 9.17) is 4.74 Å². The molecule has 0 N–H and O–H groups in total. The lowest BCUT2D eigenvalue weighted by atomic mass is 10.2. The number of halogens is 1. The fraction of sp³-hybridized carbons (Fsp3) is 0.385. The van der Waals surface area contributed by atoms with Crippen molar-refractivity contribution in [2.45, 2.75) is 23.6 Å². The van der Waals surface area contributed by atoms with Crippen LogP contribution in [0.5, 0.6) is 0 Å². The van der Waals surface area contributed by atoms with Gasteiger partial charge >= 0.3 is 0 Å². The van der Waals surface area contributed by atoms with Crippen LogP contribution >= 0.6 is 0 Å². The molecule has 7 nitrogen and oxygen atoms in total. The van der Waals surface area contributed by atoms with Crippen molar-refractivity contribution < 1.29 is 17.5 Å². The first kappa shape index (κ1) is 13.8. The van der Waals surface area contributed by atoms with Crippen molar-refractivity contribution in [3.8, 4) is 0 Å². The van der Waals surface area contributed by atoms with Crippen molar-refractivity contribution in [2.75, 3.05) is 13.1 Å². The number of rotatable bonds is 2. The Morgan fingerprint density at radius 3 is 2.77 bits per heavy atom. The van der Waals surface area contributed by atoms with E-state index in [-0.39, 0.29) is 30.1 Å². The van der Waals surface area contributed by atoms with E-state index >= 15 is 0 Å². The van der Waals surface area contributed by atoms with E-state index in [0.717, 1.165) is 17.8 Å². The molecule has 2 aliphatic rings. The second-order valence-corrected chi connectivity index (χ2v) is 7.30. The van der Waals surface area contributed by atoms with Crippen LogP contribution in [0.3, 0.4) is 0 Å². The molecule has 1 saturated heterocycles. The lowest BCUT2D eigenvalue weighted by Crippen LogP contribution is -2.32. The number of nitrogens with zero attached hydrogens (tertiary/aromatic N) is 4. The highest BCUT2D eigenvalue weighted by molar-refractivity contribution is 7.89. The molecule has 2 atom stereocenters. The van der Waals surface area contributed by atoms with E-state index in [9.17, 15) is 12.8 Å². The molecule has 3 heterocycles. The largest absolute Gasteiger partial charge is 0.368 e. The predicted molar refractivity (Wildman–Crippen MR) is 72.8 cm³/mol. The Bertz CT molecular complexity index is 805. The molecule has 0 aliphatic carbocycles. The van der Waals surface area contributed by atoms with Crippen LogP contribution in [0.15, 0.2) is 35.4 Å². The van der Waals surface area contributed by atoms with Gasteiger partial charge in [0.2, 0.25) is 10.0 Å². The van der Waals surface area contributed by atoms with E-state index < -0.39 is 15.8 Å². The Balaban J connectivity index is 1.64. The van der Waals surface area contributed by atoms with E-state index in [0.29, 0.717) is 6.61 Å². The summed E-state index contributed by atoms with van der Waals surface area (Å²) >= 11 is 0. The van der Waals surface area contributed by atoms with Crippen LogP contribution in [0.25, 0.3) is 0 Å². The maximum Gasteiger partial charge on any atom is 0.243 e. The normalized spacial score (nSPS) is 25.0. The maximum atomic E-state index is 13.0. The number of aromatic nitrogens is 3. The monoisotopic (exact) mass is 324 g/mol. The Kier molecular flexibility index (Phi) is 3.03. The van der Waals surface area contributed by atoms with Crippen molar-refractivity contribution >= 4 is 10.0 Å². The molecule has 116 valence electrons. The second-order valence-electron chi connectivity index (χ2n) is 5.36. The first-order valence-electron chi connectivity index (χ1n) is 6.82. The molecule has 0 spiro atoms.